The fraction of sp³-hybridized carbons (Fsp3) is 0.625. The van der Waals surface area contributed by atoms with Crippen LogP contribution in [0.1, 0.15) is 45.2 Å². The van der Waals surface area contributed by atoms with Crippen LogP contribution in [-0.2, 0) is 0 Å². The number of nitrogens with zero attached hydrogens (tertiary/aromatic N) is 1. The molecule has 2 N–H and O–H groups in total. The Hall–Kier alpha value is -1.06. The van der Waals surface area contributed by atoms with Gasteiger partial charge in [0.25, 0.3) is 0 Å². The van der Waals surface area contributed by atoms with Gasteiger partial charge < -0.3 is 15.3 Å². The summed E-state index contributed by atoms with van der Waals surface area (Å²) in [6.45, 7) is 6.74. The highest BCUT2D eigenvalue weighted by atomic mass is 16.3. The molecule has 0 fully saturated rings. The van der Waals surface area contributed by atoms with E-state index in [1.165, 1.54) is 11.3 Å². The molecule has 0 amide bonds. The van der Waals surface area contributed by atoms with Gasteiger partial charge in [-0.3, -0.25) is 0 Å². The summed E-state index contributed by atoms with van der Waals surface area (Å²) in [6, 6.07) is 8.78. The molecule has 0 heterocycles. The number of hydrogen-bond donors (Lipinski definition) is 2. The Bertz CT molecular complexity index is 371. The lowest BCUT2D eigenvalue weighted by atomic mass is 9.99. The number of hydrogen-bond acceptors (Lipinski definition) is 3. The van der Waals surface area contributed by atoms with Crippen LogP contribution in [0.3, 0.4) is 0 Å². The SMILES string of the molecule is CCCC(C)(O)CNC(C)c1ccc(N(C)C)cc1. The zero-order chi connectivity index (χ0) is 14.5. The highest BCUT2D eigenvalue weighted by Crippen LogP contribution is 2.19. The lowest BCUT2D eigenvalue weighted by molar-refractivity contribution is 0.0477. The number of rotatable bonds is 7. The van der Waals surface area contributed by atoms with E-state index in [1.807, 2.05) is 21.0 Å². The van der Waals surface area contributed by atoms with Crippen LogP contribution in [0.15, 0.2) is 24.3 Å². The molecule has 0 radical (unpaired) electrons. The largest absolute Gasteiger partial charge is 0.389 e. The maximum Gasteiger partial charge on any atom is 0.0743 e. The average molecular weight is 264 g/mol. The van der Waals surface area contributed by atoms with Gasteiger partial charge in [0.05, 0.1) is 5.60 Å². The second kappa shape index (κ2) is 6.92. The quantitative estimate of drug-likeness (QED) is 0.795. The minimum Gasteiger partial charge on any atom is -0.389 e. The fourth-order valence-corrected chi connectivity index (χ4v) is 2.18. The van der Waals surface area contributed by atoms with Gasteiger partial charge in [0, 0.05) is 32.4 Å². The molecule has 3 heteroatoms. The van der Waals surface area contributed by atoms with E-state index in [0.29, 0.717) is 6.54 Å². The number of aliphatic hydroxyl groups is 1. The minimum absolute atomic E-state index is 0.250. The van der Waals surface area contributed by atoms with Gasteiger partial charge >= 0.3 is 0 Å². The molecule has 1 rings (SSSR count). The standard InChI is InChI=1S/C16H28N2O/c1-6-11-16(3,19)12-17-13(2)14-7-9-15(10-8-14)18(4)5/h7-10,13,17,19H,6,11-12H2,1-5H3. The summed E-state index contributed by atoms with van der Waals surface area (Å²) in [4.78, 5) is 2.09. The summed E-state index contributed by atoms with van der Waals surface area (Å²) < 4.78 is 0. The van der Waals surface area contributed by atoms with Gasteiger partial charge in [-0.2, -0.15) is 0 Å². The molecule has 1 aromatic rings. The first kappa shape index (κ1) is 16.0. The van der Waals surface area contributed by atoms with Gasteiger partial charge in [0.15, 0.2) is 0 Å². The highest BCUT2D eigenvalue weighted by Gasteiger charge is 2.19. The van der Waals surface area contributed by atoms with Crippen molar-refractivity contribution in [3.8, 4) is 0 Å². The van der Waals surface area contributed by atoms with Crippen molar-refractivity contribution in [1.29, 1.82) is 0 Å². The molecule has 0 aliphatic heterocycles. The zero-order valence-electron chi connectivity index (χ0n) is 12.9. The van der Waals surface area contributed by atoms with E-state index in [1.54, 1.807) is 0 Å². The van der Waals surface area contributed by atoms with Crippen LogP contribution < -0.4 is 10.2 Å². The topological polar surface area (TPSA) is 35.5 Å². The third-order valence-electron chi connectivity index (χ3n) is 3.49. The molecule has 3 nitrogen and oxygen atoms in total. The van der Waals surface area contributed by atoms with Crippen LogP contribution in [0.4, 0.5) is 5.69 Å². The molecule has 2 unspecified atom stereocenters. The van der Waals surface area contributed by atoms with Crippen molar-refractivity contribution in [3.05, 3.63) is 29.8 Å². The van der Waals surface area contributed by atoms with Gasteiger partial charge in [0.1, 0.15) is 0 Å². The van der Waals surface area contributed by atoms with E-state index in [-0.39, 0.29) is 6.04 Å². The smallest absolute Gasteiger partial charge is 0.0743 e. The molecular formula is C16H28N2O. The van der Waals surface area contributed by atoms with Crippen molar-refractivity contribution in [2.24, 2.45) is 0 Å². The van der Waals surface area contributed by atoms with Crippen molar-refractivity contribution < 1.29 is 5.11 Å². The Kier molecular flexibility index (Phi) is 5.83. The number of anilines is 1. The fourth-order valence-electron chi connectivity index (χ4n) is 2.18. The van der Waals surface area contributed by atoms with Crippen LogP contribution >= 0.6 is 0 Å². The third-order valence-corrected chi connectivity index (χ3v) is 3.49. The molecule has 0 aliphatic rings. The molecule has 0 aromatic heterocycles. The number of nitrogens with one attached hydrogen (secondary N) is 1. The first-order chi connectivity index (χ1) is 8.85. The van der Waals surface area contributed by atoms with E-state index >= 15 is 0 Å². The summed E-state index contributed by atoms with van der Waals surface area (Å²) in [5.74, 6) is 0. The van der Waals surface area contributed by atoms with E-state index in [4.69, 9.17) is 0 Å². The van der Waals surface area contributed by atoms with Crippen LogP contribution in [-0.4, -0.2) is 31.3 Å². The van der Waals surface area contributed by atoms with Crippen molar-refractivity contribution in [2.45, 2.75) is 45.3 Å². The summed E-state index contributed by atoms with van der Waals surface area (Å²) in [5.41, 5.74) is 1.83. The molecule has 0 saturated heterocycles. The lowest BCUT2D eigenvalue weighted by Gasteiger charge is -2.26. The minimum atomic E-state index is -0.618. The third kappa shape index (κ3) is 5.21. The van der Waals surface area contributed by atoms with Crippen LogP contribution in [0, 0.1) is 0 Å². The maximum absolute atomic E-state index is 10.2. The lowest BCUT2D eigenvalue weighted by Crippen LogP contribution is -2.38. The molecule has 0 aliphatic carbocycles. The molecule has 2 atom stereocenters. The normalized spacial score (nSPS) is 15.9. The predicted octanol–water partition coefficient (Wildman–Crippen LogP) is 2.95. The first-order valence-corrected chi connectivity index (χ1v) is 7.09. The Labute approximate surface area is 117 Å². The van der Waals surface area contributed by atoms with E-state index in [9.17, 15) is 5.11 Å². The summed E-state index contributed by atoms with van der Waals surface area (Å²) in [6.07, 6.45) is 1.83. The Morgan fingerprint density at radius 3 is 2.32 bits per heavy atom. The van der Waals surface area contributed by atoms with Gasteiger partial charge in [-0.15, -0.1) is 0 Å². The van der Waals surface area contributed by atoms with E-state index < -0.39 is 5.60 Å². The molecule has 0 bridgehead atoms. The molecule has 1 aromatic carbocycles. The maximum atomic E-state index is 10.2. The summed E-state index contributed by atoms with van der Waals surface area (Å²) >= 11 is 0. The Balaban J connectivity index is 2.56. The van der Waals surface area contributed by atoms with Crippen LogP contribution in [0.25, 0.3) is 0 Å². The van der Waals surface area contributed by atoms with E-state index in [2.05, 4.69) is 48.3 Å². The van der Waals surface area contributed by atoms with Gasteiger partial charge in [-0.05, 0) is 38.0 Å². The first-order valence-electron chi connectivity index (χ1n) is 7.09. The van der Waals surface area contributed by atoms with Crippen molar-refractivity contribution in [3.63, 3.8) is 0 Å². The molecule has 108 valence electrons. The molecule has 19 heavy (non-hydrogen) atoms. The molecule has 0 spiro atoms. The average Bonchev–Trinajstić information content (AvgIpc) is 2.36. The van der Waals surface area contributed by atoms with Crippen LogP contribution in [0.5, 0.6) is 0 Å². The van der Waals surface area contributed by atoms with Crippen molar-refractivity contribution in [1.82, 2.24) is 5.32 Å². The highest BCUT2D eigenvalue weighted by molar-refractivity contribution is 5.46. The van der Waals surface area contributed by atoms with Gasteiger partial charge in [-0.1, -0.05) is 25.5 Å². The second-order valence-electron chi connectivity index (χ2n) is 5.84. The molecule has 0 saturated carbocycles. The Morgan fingerprint density at radius 1 is 1.26 bits per heavy atom. The predicted molar refractivity (Wildman–Crippen MR) is 82.7 cm³/mol. The van der Waals surface area contributed by atoms with Crippen molar-refractivity contribution in [2.75, 3.05) is 25.5 Å². The summed E-state index contributed by atoms with van der Waals surface area (Å²) in [5, 5.41) is 13.6. The number of benzene rings is 1. The van der Waals surface area contributed by atoms with Crippen molar-refractivity contribution >= 4 is 5.69 Å². The van der Waals surface area contributed by atoms with Gasteiger partial charge in [0.2, 0.25) is 0 Å². The summed E-state index contributed by atoms with van der Waals surface area (Å²) in [7, 11) is 4.08. The van der Waals surface area contributed by atoms with Gasteiger partial charge in [-0.25, -0.2) is 0 Å². The molecular weight excluding hydrogens is 236 g/mol. The Morgan fingerprint density at radius 2 is 1.84 bits per heavy atom. The second-order valence-corrected chi connectivity index (χ2v) is 5.84. The van der Waals surface area contributed by atoms with E-state index in [0.717, 1.165) is 12.8 Å². The monoisotopic (exact) mass is 264 g/mol. The zero-order valence-corrected chi connectivity index (χ0v) is 12.9. The van der Waals surface area contributed by atoms with Crippen LogP contribution in [0.2, 0.25) is 0 Å².